The van der Waals surface area contributed by atoms with Gasteiger partial charge in [-0.2, -0.15) is 0 Å². The molecular weight excluding hydrogens is 282 g/mol. The summed E-state index contributed by atoms with van der Waals surface area (Å²) in [6, 6.07) is 4.86. The number of nitrogens with one attached hydrogen (secondary N) is 1. The van der Waals surface area contributed by atoms with Gasteiger partial charge < -0.3 is 14.8 Å². The molecule has 0 unspecified atom stereocenters. The molecule has 0 aromatic heterocycles. The van der Waals surface area contributed by atoms with E-state index in [2.05, 4.69) is 5.32 Å². The molecule has 5 nitrogen and oxygen atoms in total. The van der Waals surface area contributed by atoms with Crippen LogP contribution in [0.25, 0.3) is 0 Å². The molecule has 0 aliphatic heterocycles. The Morgan fingerprint density at radius 2 is 1.90 bits per heavy atom. The first-order valence-corrected chi connectivity index (χ1v) is 6.57. The zero-order valence-electron chi connectivity index (χ0n) is 11.9. The topological polar surface area (TPSA) is 64.6 Å². The number of amides is 1. The van der Waals surface area contributed by atoms with Crippen LogP contribution < -0.4 is 10.1 Å². The minimum Gasteiger partial charge on any atom is -0.495 e. The Hall–Kier alpha value is -1.75. The van der Waals surface area contributed by atoms with Gasteiger partial charge in [0.15, 0.2) is 6.10 Å². The first kappa shape index (κ1) is 16.3. The summed E-state index contributed by atoms with van der Waals surface area (Å²) >= 11 is 5.87. The molecule has 0 heterocycles. The highest BCUT2D eigenvalue weighted by Gasteiger charge is 2.20. The summed E-state index contributed by atoms with van der Waals surface area (Å²) in [6.07, 6.45) is -0.895. The molecule has 1 N–H and O–H groups in total. The molecule has 0 radical (unpaired) electrons. The Balaban J connectivity index is 2.75. The second kappa shape index (κ2) is 7.14. The molecule has 1 rings (SSSR count). The number of halogens is 1. The van der Waals surface area contributed by atoms with Gasteiger partial charge in [-0.05, 0) is 25.1 Å². The molecule has 1 aromatic carbocycles. The zero-order chi connectivity index (χ0) is 15.3. The lowest BCUT2D eigenvalue weighted by Crippen LogP contribution is -2.31. The van der Waals surface area contributed by atoms with E-state index >= 15 is 0 Å². The van der Waals surface area contributed by atoms with E-state index in [9.17, 15) is 9.59 Å². The minimum absolute atomic E-state index is 0.286. The largest absolute Gasteiger partial charge is 0.495 e. The maximum absolute atomic E-state index is 12.0. The number of hydrogen-bond acceptors (Lipinski definition) is 4. The molecule has 110 valence electrons. The number of ether oxygens (including phenoxy) is 2. The van der Waals surface area contributed by atoms with E-state index in [1.807, 2.05) is 0 Å². The molecule has 0 saturated carbocycles. The van der Waals surface area contributed by atoms with Gasteiger partial charge in [0.25, 0.3) is 5.91 Å². The molecule has 20 heavy (non-hydrogen) atoms. The van der Waals surface area contributed by atoms with Gasteiger partial charge in [0.05, 0.1) is 18.7 Å². The molecule has 0 fully saturated rings. The molecule has 0 aliphatic rings. The number of carbonyl (C=O) groups excluding carboxylic acids is 2. The lowest BCUT2D eigenvalue weighted by molar-refractivity contribution is -0.156. The van der Waals surface area contributed by atoms with Gasteiger partial charge in [0, 0.05) is 5.02 Å². The van der Waals surface area contributed by atoms with E-state index in [0.29, 0.717) is 16.5 Å². The van der Waals surface area contributed by atoms with Gasteiger partial charge in [-0.25, -0.2) is 0 Å². The van der Waals surface area contributed by atoms with Crippen LogP contribution in [0.4, 0.5) is 5.69 Å². The smallest absolute Gasteiger partial charge is 0.309 e. The third-order valence-corrected chi connectivity index (χ3v) is 2.79. The fraction of sp³-hybridized carbons (Fsp3) is 0.429. The van der Waals surface area contributed by atoms with Crippen molar-refractivity contribution in [3.8, 4) is 5.75 Å². The average Bonchev–Trinajstić information content (AvgIpc) is 2.38. The SMILES string of the molecule is COc1ccc(Cl)cc1NC(=O)[C@H](C)OC(=O)C(C)C. The third-order valence-electron chi connectivity index (χ3n) is 2.55. The summed E-state index contributed by atoms with van der Waals surface area (Å²) in [5.41, 5.74) is 0.428. The van der Waals surface area contributed by atoms with Crippen molar-refractivity contribution in [1.82, 2.24) is 0 Å². The predicted molar refractivity (Wildman–Crippen MR) is 77.0 cm³/mol. The Morgan fingerprint density at radius 1 is 1.25 bits per heavy atom. The molecule has 0 aliphatic carbocycles. The Labute approximate surface area is 123 Å². The maximum atomic E-state index is 12.0. The Bertz CT molecular complexity index is 502. The van der Waals surface area contributed by atoms with E-state index in [1.165, 1.54) is 14.0 Å². The van der Waals surface area contributed by atoms with E-state index in [4.69, 9.17) is 21.1 Å². The second-order valence-electron chi connectivity index (χ2n) is 4.57. The van der Waals surface area contributed by atoms with Crippen molar-refractivity contribution >= 4 is 29.2 Å². The highest BCUT2D eigenvalue weighted by atomic mass is 35.5. The number of esters is 1. The first-order valence-electron chi connectivity index (χ1n) is 6.20. The van der Waals surface area contributed by atoms with Gasteiger partial charge in [-0.1, -0.05) is 25.4 Å². The summed E-state index contributed by atoms with van der Waals surface area (Å²) in [6.45, 7) is 4.91. The molecule has 1 amide bonds. The van der Waals surface area contributed by atoms with Gasteiger partial charge in [-0.15, -0.1) is 0 Å². The van der Waals surface area contributed by atoms with Crippen LogP contribution in [0.5, 0.6) is 5.75 Å². The number of rotatable bonds is 5. The highest BCUT2D eigenvalue weighted by Crippen LogP contribution is 2.27. The van der Waals surface area contributed by atoms with E-state index in [-0.39, 0.29) is 5.92 Å². The zero-order valence-corrected chi connectivity index (χ0v) is 12.7. The van der Waals surface area contributed by atoms with Crippen molar-refractivity contribution in [2.24, 2.45) is 5.92 Å². The van der Waals surface area contributed by atoms with Gasteiger partial charge in [-0.3, -0.25) is 9.59 Å². The summed E-state index contributed by atoms with van der Waals surface area (Å²) in [7, 11) is 1.49. The summed E-state index contributed by atoms with van der Waals surface area (Å²) < 4.78 is 10.1. The van der Waals surface area contributed by atoms with Gasteiger partial charge in [0.1, 0.15) is 5.75 Å². The Kier molecular flexibility index (Phi) is 5.82. The van der Waals surface area contributed by atoms with Crippen molar-refractivity contribution in [1.29, 1.82) is 0 Å². The van der Waals surface area contributed by atoms with Crippen molar-refractivity contribution in [2.75, 3.05) is 12.4 Å². The van der Waals surface area contributed by atoms with Crippen molar-refractivity contribution < 1.29 is 19.1 Å². The molecule has 1 aromatic rings. The second-order valence-corrected chi connectivity index (χ2v) is 5.00. The molecule has 0 bridgehead atoms. The fourth-order valence-corrected chi connectivity index (χ4v) is 1.55. The van der Waals surface area contributed by atoms with Crippen LogP contribution in [-0.2, 0) is 14.3 Å². The summed E-state index contributed by atoms with van der Waals surface area (Å²) in [4.78, 5) is 23.4. The van der Waals surface area contributed by atoms with Crippen LogP contribution in [0.1, 0.15) is 20.8 Å². The lowest BCUT2D eigenvalue weighted by Gasteiger charge is -2.16. The number of hydrogen-bond donors (Lipinski definition) is 1. The monoisotopic (exact) mass is 299 g/mol. The molecule has 0 spiro atoms. The predicted octanol–water partition coefficient (Wildman–Crippen LogP) is 2.87. The van der Waals surface area contributed by atoms with Crippen LogP contribution in [0, 0.1) is 5.92 Å². The quantitative estimate of drug-likeness (QED) is 0.849. The van der Waals surface area contributed by atoms with Crippen LogP contribution in [0.3, 0.4) is 0 Å². The van der Waals surface area contributed by atoms with Crippen LogP contribution in [0.15, 0.2) is 18.2 Å². The molecular formula is C14H18ClNO4. The van der Waals surface area contributed by atoms with Crippen LogP contribution in [-0.4, -0.2) is 25.1 Å². The number of carbonyl (C=O) groups is 2. The highest BCUT2D eigenvalue weighted by molar-refractivity contribution is 6.31. The van der Waals surface area contributed by atoms with E-state index in [0.717, 1.165) is 0 Å². The number of benzene rings is 1. The lowest BCUT2D eigenvalue weighted by atomic mass is 10.2. The van der Waals surface area contributed by atoms with E-state index < -0.39 is 18.0 Å². The van der Waals surface area contributed by atoms with Crippen molar-refractivity contribution in [3.05, 3.63) is 23.2 Å². The molecule has 1 atom stereocenters. The summed E-state index contributed by atoms with van der Waals surface area (Å²) in [5, 5.41) is 3.09. The normalized spacial score (nSPS) is 11.9. The average molecular weight is 300 g/mol. The maximum Gasteiger partial charge on any atom is 0.309 e. The van der Waals surface area contributed by atoms with Crippen molar-refractivity contribution in [3.63, 3.8) is 0 Å². The number of anilines is 1. The van der Waals surface area contributed by atoms with Crippen LogP contribution in [0.2, 0.25) is 5.02 Å². The van der Waals surface area contributed by atoms with Gasteiger partial charge >= 0.3 is 5.97 Å². The third kappa shape index (κ3) is 4.42. The summed E-state index contributed by atoms with van der Waals surface area (Å²) in [5.74, 6) is -0.679. The first-order chi connectivity index (χ1) is 9.35. The standard InChI is InChI=1S/C14H18ClNO4/c1-8(2)14(18)20-9(3)13(17)16-11-7-10(15)5-6-12(11)19-4/h5-9H,1-4H3,(H,16,17)/t9-/m0/s1. The minimum atomic E-state index is -0.895. The number of methoxy groups -OCH3 is 1. The molecule has 0 saturated heterocycles. The fourth-order valence-electron chi connectivity index (χ4n) is 1.38. The Morgan fingerprint density at radius 3 is 2.45 bits per heavy atom. The van der Waals surface area contributed by atoms with Crippen molar-refractivity contribution in [2.45, 2.75) is 26.9 Å². The van der Waals surface area contributed by atoms with Gasteiger partial charge in [0.2, 0.25) is 0 Å². The molecule has 6 heteroatoms. The van der Waals surface area contributed by atoms with Crippen LogP contribution >= 0.6 is 11.6 Å². The van der Waals surface area contributed by atoms with E-state index in [1.54, 1.807) is 32.0 Å².